The Bertz CT molecular complexity index is 399. The van der Waals surface area contributed by atoms with Crippen molar-refractivity contribution >= 4 is 0 Å². The first kappa shape index (κ1) is 13.4. The van der Waals surface area contributed by atoms with E-state index in [0.29, 0.717) is 6.04 Å². The molecule has 0 aliphatic heterocycles. The summed E-state index contributed by atoms with van der Waals surface area (Å²) in [5, 5.41) is 0. The van der Waals surface area contributed by atoms with Crippen LogP contribution in [0.1, 0.15) is 24.0 Å². The number of hydrogen-bond donors (Lipinski definition) is 1. The van der Waals surface area contributed by atoms with Gasteiger partial charge in [-0.05, 0) is 49.9 Å². The molecule has 1 aromatic carbocycles. The van der Waals surface area contributed by atoms with E-state index in [9.17, 15) is 0 Å². The number of benzene rings is 1. The maximum absolute atomic E-state index is 5.82. The first-order chi connectivity index (χ1) is 8.58. The number of methoxy groups -OCH3 is 1. The van der Waals surface area contributed by atoms with Crippen LogP contribution in [0.4, 0.5) is 0 Å². The van der Waals surface area contributed by atoms with E-state index >= 15 is 0 Å². The molecule has 0 amide bonds. The van der Waals surface area contributed by atoms with E-state index in [2.05, 4.69) is 37.1 Å². The van der Waals surface area contributed by atoms with Crippen LogP contribution >= 0.6 is 0 Å². The van der Waals surface area contributed by atoms with Crippen molar-refractivity contribution in [3.8, 4) is 5.75 Å². The van der Waals surface area contributed by atoms with E-state index in [0.717, 1.165) is 24.8 Å². The van der Waals surface area contributed by atoms with Gasteiger partial charge in [0.1, 0.15) is 5.75 Å². The highest BCUT2D eigenvalue weighted by molar-refractivity contribution is 5.36. The van der Waals surface area contributed by atoms with Crippen LogP contribution < -0.4 is 10.5 Å². The summed E-state index contributed by atoms with van der Waals surface area (Å²) in [4.78, 5) is 2.39. The van der Waals surface area contributed by atoms with Gasteiger partial charge in [-0.15, -0.1) is 0 Å². The van der Waals surface area contributed by atoms with Gasteiger partial charge in [0.25, 0.3) is 0 Å². The van der Waals surface area contributed by atoms with Gasteiger partial charge in [0.2, 0.25) is 0 Å². The van der Waals surface area contributed by atoms with Gasteiger partial charge in [-0.1, -0.05) is 12.1 Å². The fourth-order valence-corrected chi connectivity index (χ4v) is 2.79. The Labute approximate surface area is 110 Å². The standard InChI is InChI=1S/C15H24N2O/c1-11-6-12(4-5-15(11)18-3)9-17(2)10-13-7-14(16)8-13/h4-6,13-14H,7-10,16H2,1-3H3. The topological polar surface area (TPSA) is 38.5 Å². The lowest BCUT2D eigenvalue weighted by Gasteiger charge is -2.35. The van der Waals surface area contributed by atoms with E-state index in [1.807, 2.05) is 0 Å². The molecule has 18 heavy (non-hydrogen) atoms. The van der Waals surface area contributed by atoms with Crippen LogP contribution in [0.5, 0.6) is 5.75 Å². The summed E-state index contributed by atoms with van der Waals surface area (Å²) in [5.41, 5.74) is 8.37. The zero-order valence-corrected chi connectivity index (χ0v) is 11.6. The molecule has 3 heteroatoms. The predicted octanol–water partition coefficient (Wildman–Crippen LogP) is 2.17. The zero-order chi connectivity index (χ0) is 13.1. The minimum absolute atomic E-state index is 0.451. The van der Waals surface area contributed by atoms with Crippen molar-refractivity contribution in [2.45, 2.75) is 32.4 Å². The summed E-state index contributed by atoms with van der Waals surface area (Å²) in [6, 6.07) is 6.86. The Morgan fingerprint density at radius 3 is 2.67 bits per heavy atom. The predicted molar refractivity (Wildman–Crippen MR) is 74.8 cm³/mol. The Hall–Kier alpha value is -1.06. The molecule has 100 valence electrons. The molecular weight excluding hydrogens is 224 g/mol. The molecule has 2 N–H and O–H groups in total. The third-order valence-corrected chi connectivity index (χ3v) is 3.75. The van der Waals surface area contributed by atoms with Crippen molar-refractivity contribution in [3.63, 3.8) is 0 Å². The van der Waals surface area contributed by atoms with Crippen molar-refractivity contribution in [1.82, 2.24) is 4.90 Å². The molecule has 0 heterocycles. The molecule has 0 atom stereocenters. The van der Waals surface area contributed by atoms with Gasteiger partial charge in [0.05, 0.1) is 7.11 Å². The average Bonchev–Trinajstić information content (AvgIpc) is 2.27. The monoisotopic (exact) mass is 248 g/mol. The lowest BCUT2D eigenvalue weighted by atomic mass is 9.80. The van der Waals surface area contributed by atoms with Gasteiger partial charge in [-0.25, -0.2) is 0 Å². The van der Waals surface area contributed by atoms with Crippen LogP contribution in [-0.4, -0.2) is 31.6 Å². The summed E-state index contributed by atoms with van der Waals surface area (Å²) in [7, 11) is 3.90. The van der Waals surface area contributed by atoms with Crippen molar-refractivity contribution < 1.29 is 4.74 Å². The molecule has 0 radical (unpaired) electrons. The minimum Gasteiger partial charge on any atom is -0.496 e. The van der Waals surface area contributed by atoms with Crippen LogP contribution in [0.25, 0.3) is 0 Å². The molecule has 1 aliphatic carbocycles. The zero-order valence-electron chi connectivity index (χ0n) is 11.6. The van der Waals surface area contributed by atoms with Gasteiger partial charge >= 0.3 is 0 Å². The lowest BCUT2D eigenvalue weighted by molar-refractivity contribution is 0.178. The normalized spacial score (nSPS) is 22.9. The third kappa shape index (κ3) is 3.24. The molecule has 0 bridgehead atoms. The van der Waals surface area contributed by atoms with Crippen molar-refractivity contribution in [1.29, 1.82) is 0 Å². The minimum atomic E-state index is 0.451. The van der Waals surface area contributed by atoms with Crippen LogP contribution in [0.15, 0.2) is 18.2 Å². The molecule has 1 aliphatic rings. The summed E-state index contributed by atoms with van der Waals surface area (Å²) in [6.45, 7) is 4.24. The Morgan fingerprint density at radius 1 is 1.39 bits per heavy atom. The molecular formula is C15H24N2O. The molecule has 0 spiro atoms. The van der Waals surface area contributed by atoms with Crippen molar-refractivity contribution in [2.24, 2.45) is 11.7 Å². The highest BCUT2D eigenvalue weighted by atomic mass is 16.5. The van der Waals surface area contributed by atoms with E-state index in [1.54, 1.807) is 7.11 Å². The molecule has 1 fully saturated rings. The molecule has 2 rings (SSSR count). The fourth-order valence-electron chi connectivity index (χ4n) is 2.79. The fraction of sp³-hybridized carbons (Fsp3) is 0.600. The molecule has 0 saturated heterocycles. The summed E-state index contributed by atoms with van der Waals surface area (Å²) >= 11 is 0. The van der Waals surface area contributed by atoms with Crippen LogP contribution in [0.3, 0.4) is 0 Å². The maximum Gasteiger partial charge on any atom is 0.121 e. The van der Waals surface area contributed by atoms with Crippen LogP contribution in [0.2, 0.25) is 0 Å². The number of rotatable bonds is 5. The highest BCUT2D eigenvalue weighted by Gasteiger charge is 2.26. The Morgan fingerprint density at radius 2 is 2.11 bits per heavy atom. The second-order valence-electron chi connectivity index (χ2n) is 5.60. The van der Waals surface area contributed by atoms with Gasteiger partial charge in [-0.3, -0.25) is 0 Å². The van der Waals surface area contributed by atoms with Gasteiger partial charge in [-0.2, -0.15) is 0 Å². The molecule has 3 nitrogen and oxygen atoms in total. The summed E-state index contributed by atoms with van der Waals surface area (Å²) in [6.07, 6.45) is 2.37. The van der Waals surface area contributed by atoms with Gasteiger partial charge < -0.3 is 15.4 Å². The SMILES string of the molecule is COc1ccc(CN(C)CC2CC(N)C2)cc1C. The quantitative estimate of drug-likeness (QED) is 0.868. The number of nitrogens with zero attached hydrogens (tertiary/aromatic N) is 1. The molecule has 0 unspecified atom stereocenters. The Balaban J connectivity index is 1.86. The molecule has 1 aromatic rings. The van der Waals surface area contributed by atoms with Crippen molar-refractivity contribution in [2.75, 3.05) is 20.7 Å². The second kappa shape index (κ2) is 5.72. The van der Waals surface area contributed by atoms with E-state index in [4.69, 9.17) is 10.5 Å². The average molecular weight is 248 g/mol. The van der Waals surface area contributed by atoms with Gasteiger partial charge in [0, 0.05) is 19.1 Å². The first-order valence-corrected chi connectivity index (χ1v) is 6.66. The largest absolute Gasteiger partial charge is 0.496 e. The van der Waals surface area contributed by atoms with E-state index in [-0.39, 0.29) is 0 Å². The molecule has 1 saturated carbocycles. The van der Waals surface area contributed by atoms with Crippen molar-refractivity contribution in [3.05, 3.63) is 29.3 Å². The highest BCUT2D eigenvalue weighted by Crippen LogP contribution is 2.26. The van der Waals surface area contributed by atoms with E-state index in [1.165, 1.54) is 24.0 Å². The summed E-state index contributed by atoms with van der Waals surface area (Å²) in [5.74, 6) is 1.76. The van der Waals surface area contributed by atoms with Crippen LogP contribution in [0, 0.1) is 12.8 Å². The number of aryl methyl sites for hydroxylation is 1. The molecule has 0 aromatic heterocycles. The summed E-state index contributed by atoms with van der Waals surface area (Å²) < 4.78 is 5.28. The van der Waals surface area contributed by atoms with Gasteiger partial charge in [0.15, 0.2) is 0 Å². The lowest BCUT2D eigenvalue weighted by Crippen LogP contribution is -2.41. The third-order valence-electron chi connectivity index (χ3n) is 3.75. The Kier molecular flexibility index (Phi) is 4.25. The second-order valence-corrected chi connectivity index (χ2v) is 5.60. The van der Waals surface area contributed by atoms with E-state index < -0.39 is 0 Å². The number of hydrogen-bond acceptors (Lipinski definition) is 3. The maximum atomic E-state index is 5.82. The number of ether oxygens (including phenoxy) is 1. The smallest absolute Gasteiger partial charge is 0.121 e. The first-order valence-electron chi connectivity index (χ1n) is 6.66. The number of nitrogens with two attached hydrogens (primary N) is 1. The van der Waals surface area contributed by atoms with Crippen LogP contribution in [-0.2, 0) is 6.54 Å².